The smallest absolute Gasteiger partial charge is 0.295 e. The molecule has 1 atom stereocenters. The summed E-state index contributed by atoms with van der Waals surface area (Å²) in [5.74, 6) is -0.750. The average Bonchev–Trinajstić information content (AvgIpc) is 3.03. The molecule has 164 valence electrons. The Morgan fingerprint density at radius 2 is 1.87 bits per heavy atom. The van der Waals surface area contributed by atoms with Crippen molar-refractivity contribution in [1.82, 2.24) is 14.8 Å². The first-order chi connectivity index (χ1) is 14.9. The van der Waals surface area contributed by atoms with Crippen LogP contribution < -0.4 is 9.47 Å². The van der Waals surface area contributed by atoms with Gasteiger partial charge in [0, 0.05) is 18.3 Å². The Labute approximate surface area is 181 Å². The number of Topliss-reactive ketones (excluding diaryl/α,β-unsaturated/α-hetero) is 1. The number of rotatable bonds is 8. The number of carbonyl (C=O) groups excluding carboxylic acids is 2. The van der Waals surface area contributed by atoms with Crippen LogP contribution in [0.3, 0.4) is 0 Å². The number of aliphatic hydroxyl groups excluding tert-OH is 1. The van der Waals surface area contributed by atoms with E-state index in [0.29, 0.717) is 35.7 Å². The number of carbonyl (C=O) groups is 2. The molecule has 0 spiro atoms. The van der Waals surface area contributed by atoms with Gasteiger partial charge in [-0.3, -0.25) is 14.6 Å². The van der Waals surface area contributed by atoms with E-state index < -0.39 is 17.7 Å². The normalized spacial score (nSPS) is 18.0. The average molecular weight is 425 g/mol. The third-order valence-corrected chi connectivity index (χ3v) is 5.17. The minimum atomic E-state index is -0.767. The second-order valence-electron chi connectivity index (χ2n) is 7.47. The van der Waals surface area contributed by atoms with Gasteiger partial charge in [-0.05, 0) is 57.4 Å². The van der Waals surface area contributed by atoms with Crippen LogP contribution in [-0.2, 0) is 9.59 Å². The molecule has 1 aromatic carbocycles. The second-order valence-corrected chi connectivity index (χ2v) is 7.47. The zero-order valence-corrected chi connectivity index (χ0v) is 18.2. The highest BCUT2D eigenvalue weighted by molar-refractivity contribution is 6.46. The molecular weight excluding hydrogens is 398 g/mol. The van der Waals surface area contributed by atoms with Gasteiger partial charge in [-0.15, -0.1) is 0 Å². The molecule has 0 bridgehead atoms. The molecule has 1 aliphatic heterocycles. The van der Waals surface area contributed by atoms with E-state index in [4.69, 9.17) is 9.47 Å². The van der Waals surface area contributed by atoms with Crippen molar-refractivity contribution in [2.75, 3.05) is 41.4 Å². The molecule has 2 aromatic rings. The molecular formula is C23H27N3O5. The number of aliphatic hydroxyl groups is 1. The van der Waals surface area contributed by atoms with Crippen molar-refractivity contribution in [3.63, 3.8) is 0 Å². The molecule has 1 aliphatic rings. The Morgan fingerprint density at radius 3 is 2.48 bits per heavy atom. The number of benzene rings is 1. The van der Waals surface area contributed by atoms with Gasteiger partial charge in [0.2, 0.25) is 0 Å². The van der Waals surface area contributed by atoms with Gasteiger partial charge >= 0.3 is 0 Å². The van der Waals surface area contributed by atoms with Gasteiger partial charge in [-0.2, -0.15) is 0 Å². The molecule has 1 amide bonds. The number of hydrogen-bond acceptors (Lipinski definition) is 7. The Kier molecular flexibility index (Phi) is 6.91. The lowest BCUT2D eigenvalue weighted by atomic mass is 9.98. The highest BCUT2D eigenvalue weighted by Crippen LogP contribution is 2.40. The van der Waals surface area contributed by atoms with Crippen LogP contribution in [0.2, 0.25) is 0 Å². The van der Waals surface area contributed by atoms with Crippen LogP contribution in [0.1, 0.15) is 23.7 Å². The number of ketones is 1. The Balaban J connectivity index is 2.09. The van der Waals surface area contributed by atoms with E-state index in [9.17, 15) is 14.7 Å². The maximum absolute atomic E-state index is 13.0. The Bertz CT molecular complexity index is 988. The fourth-order valence-corrected chi connectivity index (χ4v) is 3.65. The summed E-state index contributed by atoms with van der Waals surface area (Å²) in [6.07, 6.45) is 2.28. The summed E-state index contributed by atoms with van der Waals surface area (Å²) in [5, 5.41) is 11.1. The molecule has 3 rings (SSSR count). The van der Waals surface area contributed by atoms with Crippen LogP contribution in [0.15, 0.2) is 48.2 Å². The van der Waals surface area contributed by atoms with Crippen LogP contribution in [0.25, 0.3) is 5.76 Å². The van der Waals surface area contributed by atoms with Gasteiger partial charge in [0.1, 0.15) is 11.8 Å². The molecule has 1 aromatic heterocycles. The molecule has 1 saturated heterocycles. The minimum absolute atomic E-state index is 0.0146. The van der Waals surface area contributed by atoms with Crippen molar-refractivity contribution in [1.29, 1.82) is 0 Å². The van der Waals surface area contributed by atoms with Gasteiger partial charge in [0.15, 0.2) is 11.5 Å². The number of likely N-dealkylation sites (tertiary alicyclic amines) is 1. The number of ether oxygens (including phenoxy) is 2. The van der Waals surface area contributed by atoms with Crippen molar-refractivity contribution in [2.24, 2.45) is 0 Å². The van der Waals surface area contributed by atoms with E-state index >= 15 is 0 Å². The van der Waals surface area contributed by atoms with E-state index in [1.165, 1.54) is 19.1 Å². The SMILES string of the molecule is COc1ccc(/C(O)=C2/C(=O)C(=O)N(CCCN(C)C)C2c2ccccn2)cc1OC. The van der Waals surface area contributed by atoms with Crippen molar-refractivity contribution < 1.29 is 24.2 Å². The highest BCUT2D eigenvalue weighted by atomic mass is 16.5. The lowest BCUT2D eigenvalue weighted by molar-refractivity contribution is -0.140. The Hall–Kier alpha value is -3.39. The number of aromatic nitrogens is 1. The monoisotopic (exact) mass is 425 g/mol. The largest absolute Gasteiger partial charge is 0.507 e. The third-order valence-electron chi connectivity index (χ3n) is 5.17. The molecule has 1 N–H and O–H groups in total. The first-order valence-corrected chi connectivity index (χ1v) is 9.95. The van der Waals surface area contributed by atoms with Gasteiger partial charge in [-0.25, -0.2) is 0 Å². The lowest BCUT2D eigenvalue weighted by Gasteiger charge is -2.25. The molecule has 31 heavy (non-hydrogen) atoms. The van der Waals surface area contributed by atoms with Crippen molar-refractivity contribution in [2.45, 2.75) is 12.5 Å². The number of hydrogen-bond donors (Lipinski definition) is 1. The Morgan fingerprint density at radius 1 is 1.13 bits per heavy atom. The summed E-state index contributed by atoms with van der Waals surface area (Å²) in [6.45, 7) is 1.13. The molecule has 8 nitrogen and oxygen atoms in total. The molecule has 0 radical (unpaired) electrons. The van der Waals surface area contributed by atoms with Crippen LogP contribution in [0.4, 0.5) is 0 Å². The summed E-state index contributed by atoms with van der Waals surface area (Å²) in [5.41, 5.74) is 0.888. The number of pyridine rings is 1. The summed E-state index contributed by atoms with van der Waals surface area (Å²) in [4.78, 5) is 33.7. The molecule has 0 aliphatic carbocycles. The predicted octanol–water partition coefficient (Wildman–Crippen LogP) is 2.47. The topological polar surface area (TPSA) is 92.2 Å². The zero-order valence-electron chi connectivity index (χ0n) is 18.2. The van der Waals surface area contributed by atoms with Gasteiger partial charge in [-0.1, -0.05) is 6.07 Å². The lowest BCUT2D eigenvalue weighted by Crippen LogP contribution is -2.32. The fourth-order valence-electron chi connectivity index (χ4n) is 3.65. The molecule has 8 heteroatoms. The van der Waals surface area contributed by atoms with Gasteiger partial charge in [0.05, 0.1) is 25.5 Å². The van der Waals surface area contributed by atoms with Gasteiger partial charge in [0.25, 0.3) is 11.7 Å². The summed E-state index contributed by atoms with van der Waals surface area (Å²) < 4.78 is 10.5. The van der Waals surface area contributed by atoms with Crippen LogP contribution in [-0.4, -0.2) is 73.0 Å². The quantitative estimate of drug-likeness (QED) is 0.395. The van der Waals surface area contributed by atoms with E-state index in [-0.39, 0.29) is 11.3 Å². The third kappa shape index (κ3) is 4.54. The van der Waals surface area contributed by atoms with E-state index in [0.717, 1.165) is 6.54 Å². The standard InChI is InChI=1S/C23H27N3O5/c1-25(2)12-7-13-26-20(16-8-5-6-11-24-16)19(22(28)23(26)29)21(27)15-9-10-17(30-3)18(14-15)31-4/h5-6,8-11,14,20,27H,7,12-13H2,1-4H3/b21-19-. The fraction of sp³-hybridized carbons (Fsp3) is 0.348. The first kappa shape index (κ1) is 22.3. The number of methoxy groups -OCH3 is 2. The highest BCUT2D eigenvalue weighted by Gasteiger charge is 2.46. The number of nitrogens with zero attached hydrogens (tertiary/aromatic N) is 3. The zero-order chi connectivity index (χ0) is 22.5. The molecule has 1 unspecified atom stereocenters. The molecule has 2 heterocycles. The van der Waals surface area contributed by atoms with Crippen LogP contribution >= 0.6 is 0 Å². The second kappa shape index (κ2) is 9.61. The van der Waals surface area contributed by atoms with Crippen molar-refractivity contribution in [3.8, 4) is 11.5 Å². The molecule has 1 fully saturated rings. The summed E-state index contributed by atoms with van der Waals surface area (Å²) in [7, 11) is 6.89. The first-order valence-electron chi connectivity index (χ1n) is 9.95. The maximum Gasteiger partial charge on any atom is 0.295 e. The number of amides is 1. The minimum Gasteiger partial charge on any atom is -0.507 e. The van der Waals surface area contributed by atoms with E-state index in [2.05, 4.69) is 4.98 Å². The maximum atomic E-state index is 13.0. The van der Waals surface area contributed by atoms with Crippen LogP contribution in [0.5, 0.6) is 11.5 Å². The molecule has 0 saturated carbocycles. The van der Waals surface area contributed by atoms with Gasteiger partial charge < -0.3 is 24.4 Å². The van der Waals surface area contributed by atoms with E-state index in [1.807, 2.05) is 19.0 Å². The van der Waals surface area contributed by atoms with Crippen molar-refractivity contribution in [3.05, 3.63) is 59.4 Å². The predicted molar refractivity (Wildman–Crippen MR) is 116 cm³/mol. The van der Waals surface area contributed by atoms with Crippen LogP contribution in [0, 0.1) is 0 Å². The van der Waals surface area contributed by atoms with E-state index in [1.54, 1.807) is 42.6 Å². The summed E-state index contributed by atoms with van der Waals surface area (Å²) >= 11 is 0. The van der Waals surface area contributed by atoms with Crippen molar-refractivity contribution >= 4 is 17.4 Å². The summed E-state index contributed by atoms with van der Waals surface area (Å²) in [6, 6.07) is 9.36.